The first kappa shape index (κ1) is 9.58. The minimum absolute atomic E-state index is 0.0950. The van der Waals surface area contributed by atoms with E-state index in [-0.39, 0.29) is 12.2 Å². The molecule has 0 spiro atoms. The molecule has 1 aliphatic carbocycles. The van der Waals surface area contributed by atoms with Gasteiger partial charge in [0.05, 0.1) is 0 Å². The fraction of sp³-hybridized carbons (Fsp3) is 0.300. The number of aliphatic hydroxyl groups is 1. The summed E-state index contributed by atoms with van der Waals surface area (Å²) in [7, 11) is 0. The molecule has 0 saturated carbocycles. The number of rotatable bonds is 3. The van der Waals surface area contributed by atoms with Crippen LogP contribution in [0.25, 0.3) is 0 Å². The predicted octanol–water partition coefficient (Wildman–Crippen LogP) is 2.04. The van der Waals surface area contributed by atoms with Gasteiger partial charge in [-0.15, -0.1) is 6.58 Å². The molecule has 70 valence electrons. The summed E-state index contributed by atoms with van der Waals surface area (Å²) < 4.78 is 0. The smallest absolute Gasteiger partial charge is 0.317 e. The van der Waals surface area contributed by atoms with Crippen LogP contribution in [0.4, 0.5) is 0 Å². The molecule has 3 nitrogen and oxygen atoms in total. The zero-order chi connectivity index (χ0) is 9.90. The van der Waals surface area contributed by atoms with Crippen LogP contribution in [0, 0.1) is 5.41 Å². The lowest BCUT2D eigenvalue weighted by atomic mass is 9.77. The summed E-state index contributed by atoms with van der Waals surface area (Å²) >= 11 is 0. The molecule has 13 heavy (non-hydrogen) atoms. The molecule has 0 radical (unpaired) electrons. The van der Waals surface area contributed by atoms with Crippen molar-refractivity contribution in [1.29, 1.82) is 0 Å². The number of carbonyl (C=O) groups is 1. The molecule has 2 N–H and O–H groups in total. The summed E-state index contributed by atoms with van der Waals surface area (Å²) in [5, 5.41) is 18.5. The van der Waals surface area contributed by atoms with E-state index in [2.05, 4.69) is 6.58 Å². The van der Waals surface area contributed by atoms with E-state index in [0.29, 0.717) is 6.42 Å². The minimum Gasteiger partial charge on any atom is -0.511 e. The lowest BCUT2D eigenvalue weighted by Crippen LogP contribution is -2.33. The summed E-state index contributed by atoms with van der Waals surface area (Å²) in [5.41, 5.74) is -1.18. The minimum atomic E-state index is -1.18. The van der Waals surface area contributed by atoms with Gasteiger partial charge >= 0.3 is 5.97 Å². The maximum Gasteiger partial charge on any atom is 0.317 e. The Hall–Kier alpha value is -1.51. The molecule has 1 rings (SSSR count). The lowest BCUT2D eigenvalue weighted by Gasteiger charge is -2.27. The number of carboxylic acid groups (broad SMARTS) is 1. The van der Waals surface area contributed by atoms with Crippen molar-refractivity contribution in [2.45, 2.75) is 12.8 Å². The number of aliphatic carboxylic acids is 1. The molecule has 1 aliphatic rings. The number of hydrogen-bond donors (Lipinski definition) is 2. The van der Waals surface area contributed by atoms with Crippen LogP contribution >= 0.6 is 0 Å². The molecule has 0 saturated heterocycles. The number of carboxylic acids is 1. The molecule has 0 aromatic heterocycles. The average molecular weight is 180 g/mol. The van der Waals surface area contributed by atoms with Crippen LogP contribution in [0.5, 0.6) is 0 Å². The Morgan fingerprint density at radius 3 is 2.92 bits per heavy atom. The van der Waals surface area contributed by atoms with Gasteiger partial charge in [0, 0.05) is 0 Å². The highest BCUT2D eigenvalue weighted by Gasteiger charge is 2.41. The first-order chi connectivity index (χ1) is 6.13. The van der Waals surface area contributed by atoms with Crippen molar-refractivity contribution >= 4 is 5.97 Å². The van der Waals surface area contributed by atoms with Gasteiger partial charge in [-0.05, 0) is 18.9 Å². The fourth-order valence-electron chi connectivity index (χ4n) is 1.41. The maximum atomic E-state index is 11.0. The van der Waals surface area contributed by atoms with E-state index in [1.807, 2.05) is 0 Å². The largest absolute Gasteiger partial charge is 0.511 e. The van der Waals surface area contributed by atoms with Gasteiger partial charge in [0.1, 0.15) is 11.2 Å². The molecule has 0 amide bonds. The molecule has 1 unspecified atom stereocenters. The maximum absolute atomic E-state index is 11.0. The molecule has 0 aromatic rings. The SMILES string of the molecule is C=CCC1(C(=O)O)CC=CC=C1O. The quantitative estimate of drug-likeness (QED) is 0.653. The summed E-state index contributed by atoms with van der Waals surface area (Å²) in [6.07, 6.45) is 6.88. The number of allylic oxidation sites excluding steroid dienone is 4. The second-order valence-electron chi connectivity index (χ2n) is 3.06. The normalized spacial score (nSPS) is 26.6. The lowest BCUT2D eigenvalue weighted by molar-refractivity contribution is -0.148. The summed E-state index contributed by atoms with van der Waals surface area (Å²) in [6.45, 7) is 3.49. The van der Waals surface area contributed by atoms with Gasteiger partial charge in [-0.2, -0.15) is 0 Å². The average Bonchev–Trinajstić information content (AvgIpc) is 2.09. The summed E-state index contributed by atoms with van der Waals surface area (Å²) in [5.74, 6) is -1.10. The predicted molar refractivity (Wildman–Crippen MR) is 49.4 cm³/mol. The highest BCUT2D eigenvalue weighted by molar-refractivity contribution is 5.79. The number of hydrogen-bond acceptors (Lipinski definition) is 2. The Morgan fingerprint density at radius 2 is 2.46 bits per heavy atom. The van der Waals surface area contributed by atoms with Crippen molar-refractivity contribution in [2.75, 3.05) is 0 Å². The van der Waals surface area contributed by atoms with E-state index in [1.165, 1.54) is 12.2 Å². The van der Waals surface area contributed by atoms with Gasteiger partial charge in [0.15, 0.2) is 0 Å². The van der Waals surface area contributed by atoms with Crippen LogP contribution < -0.4 is 0 Å². The van der Waals surface area contributed by atoms with E-state index < -0.39 is 11.4 Å². The van der Waals surface area contributed by atoms with Crippen molar-refractivity contribution in [1.82, 2.24) is 0 Å². The summed E-state index contributed by atoms with van der Waals surface area (Å²) in [4.78, 5) is 11.0. The molecule has 3 heteroatoms. The van der Waals surface area contributed by atoms with Crippen molar-refractivity contribution in [3.05, 3.63) is 36.6 Å². The van der Waals surface area contributed by atoms with E-state index in [4.69, 9.17) is 5.11 Å². The van der Waals surface area contributed by atoms with E-state index in [9.17, 15) is 9.90 Å². The highest BCUT2D eigenvalue weighted by Crippen LogP contribution is 2.37. The van der Waals surface area contributed by atoms with Crippen LogP contribution in [0.2, 0.25) is 0 Å². The molecule has 1 atom stereocenters. The third-order valence-corrected chi connectivity index (χ3v) is 2.25. The topological polar surface area (TPSA) is 57.5 Å². The van der Waals surface area contributed by atoms with Crippen molar-refractivity contribution < 1.29 is 15.0 Å². The van der Waals surface area contributed by atoms with Crippen LogP contribution in [0.15, 0.2) is 36.6 Å². The zero-order valence-corrected chi connectivity index (χ0v) is 7.23. The first-order valence-corrected chi connectivity index (χ1v) is 4.04. The Bertz CT molecular complexity index is 285. The summed E-state index contributed by atoms with van der Waals surface area (Å²) in [6, 6.07) is 0. The first-order valence-electron chi connectivity index (χ1n) is 4.04. The van der Waals surface area contributed by atoms with Crippen molar-refractivity contribution in [3.8, 4) is 0 Å². The Kier molecular flexibility index (Phi) is 2.56. The van der Waals surface area contributed by atoms with E-state index in [1.54, 1.807) is 12.2 Å². The molecular weight excluding hydrogens is 168 g/mol. The van der Waals surface area contributed by atoms with Crippen LogP contribution in [-0.2, 0) is 4.79 Å². The molecule has 0 bridgehead atoms. The van der Waals surface area contributed by atoms with Crippen molar-refractivity contribution in [2.24, 2.45) is 5.41 Å². The third-order valence-electron chi connectivity index (χ3n) is 2.25. The van der Waals surface area contributed by atoms with Gasteiger partial charge in [-0.25, -0.2) is 0 Å². The monoisotopic (exact) mass is 180 g/mol. The van der Waals surface area contributed by atoms with Crippen molar-refractivity contribution in [3.63, 3.8) is 0 Å². The molecule has 0 aromatic carbocycles. The standard InChI is InChI=1S/C10H12O3/c1-2-6-10(9(12)13)7-4-3-5-8(10)11/h2-5,11H,1,6-7H2,(H,12,13). The van der Waals surface area contributed by atoms with Crippen LogP contribution in [0.1, 0.15) is 12.8 Å². The molecule has 0 heterocycles. The van der Waals surface area contributed by atoms with E-state index >= 15 is 0 Å². The zero-order valence-electron chi connectivity index (χ0n) is 7.23. The van der Waals surface area contributed by atoms with Crippen LogP contribution in [0.3, 0.4) is 0 Å². The number of aliphatic hydroxyl groups excluding tert-OH is 1. The molecule has 0 fully saturated rings. The third kappa shape index (κ3) is 1.49. The Morgan fingerprint density at radius 1 is 1.77 bits per heavy atom. The molecule has 0 aliphatic heterocycles. The second-order valence-corrected chi connectivity index (χ2v) is 3.06. The van der Waals surface area contributed by atoms with E-state index in [0.717, 1.165) is 0 Å². The van der Waals surface area contributed by atoms with Gasteiger partial charge in [0.25, 0.3) is 0 Å². The Labute approximate surface area is 76.7 Å². The van der Waals surface area contributed by atoms with Gasteiger partial charge < -0.3 is 10.2 Å². The van der Waals surface area contributed by atoms with Crippen LogP contribution in [-0.4, -0.2) is 16.2 Å². The Balaban J connectivity index is 3.04. The van der Waals surface area contributed by atoms with Gasteiger partial charge in [0.2, 0.25) is 0 Å². The molecular formula is C10H12O3. The fourth-order valence-corrected chi connectivity index (χ4v) is 1.41. The van der Waals surface area contributed by atoms with Gasteiger partial charge in [-0.1, -0.05) is 18.2 Å². The highest BCUT2D eigenvalue weighted by atomic mass is 16.4. The van der Waals surface area contributed by atoms with Gasteiger partial charge in [-0.3, -0.25) is 4.79 Å². The second kappa shape index (κ2) is 3.47.